The summed E-state index contributed by atoms with van der Waals surface area (Å²) in [5.74, 6) is 0. The first kappa shape index (κ1) is 10.6. The maximum Gasteiger partial charge on any atom is 0.0738 e. The van der Waals surface area contributed by atoms with Crippen LogP contribution in [0.4, 0.5) is 0 Å². The topological polar surface area (TPSA) is 60.0 Å². The quantitative estimate of drug-likeness (QED) is 0.760. The van der Waals surface area contributed by atoms with Crippen LogP contribution < -0.4 is 5.73 Å². The molecular weight excluding hydrogens is 190 g/mol. The van der Waals surface area contributed by atoms with Gasteiger partial charge < -0.3 is 5.73 Å². The van der Waals surface area contributed by atoms with E-state index in [2.05, 4.69) is 22.1 Å². The summed E-state index contributed by atoms with van der Waals surface area (Å²) in [6.45, 7) is 6.16. The molecule has 84 valence electrons. The highest BCUT2D eigenvalue weighted by Gasteiger charge is 2.32. The molecule has 0 spiro atoms. The lowest BCUT2D eigenvalue weighted by atomic mass is 9.90. The molecule has 5 heteroatoms. The van der Waals surface area contributed by atoms with Crippen molar-refractivity contribution in [3.05, 3.63) is 11.9 Å². The zero-order valence-corrected chi connectivity index (χ0v) is 9.48. The van der Waals surface area contributed by atoms with Crippen molar-refractivity contribution < 1.29 is 0 Å². The van der Waals surface area contributed by atoms with E-state index in [9.17, 15) is 0 Å². The highest BCUT2D eigenvalue weighted by atomic mass is 15.4. The number of aryl methyl sites for hydroxylation is 1. The molecule has 2 rings (SSSR count). The third-order valence-corrected chi connectivity index (χ3v) is 3.32. The van der Waals surface area contributed by atoms with Crippen LogP contribution in [0.1, 0.15) is 19.0 Å². The Labute approximate surface area is 90.2 Å². The third kappa shape index (κ3) is 2.18. The van der Waals surface area contributed by atoms with Crippen LogP contribution in [0.15, 0.2) is 6.20 Å². The van der Waals surface area contributed by atoms with Gasteiger partial charge in [-0.3, -0.25) is 9.58 Å². The Balaban J connectivity index is 1.96. The van der Waals surface area contributed by atoms with E-state index in [1.165, 1.54) is 6.42 Å². The van der Waals surface area contributed by atoms with Gasteiger partial charge in [0.25, 0.3) is 0 Å². The van der Waals surface area contributed by atoms with Crippen molar-refractivity contribution in [1.29, 1.82) is 0 Å². The molecule has 1 aliphatic heterocycles. The van der Waals surface area contributed by atoms with Crippen LogP contribution >= 0.6 is 0 Å². The molecular formula is C10H19N5. The fourth-order valence-electron chi connectivity index (χ4n) is 2.11. The summed E-state index contributed by atoms with van der Waals surface area (Å²) in [5, 5.41) is 7.81. The van der Waals surface area contributed by atoms with Gasteiger partial charge in [-0.1, -0.05) is 12.1 Å². The van der Waals surface area contributed by atoms with Gasteiger partial charge >= 0.3 is 0 Å². The van der Waals surface area contributed by atoms with Crippen LogP contribution in [-0.2, 0) is 13.6 Å². The van der Waals surface area contributed by atoms with Gasteiger partial charge in [0, 0.05) is 20.1 Å². The van der Waals surface area contributed by atoms with E-state index in [1.807, 2.05) is 17.9 Å². The summed E-state index contributed by atoms with van der Waals surface area (Å²) in [5.41, 5.74) is 7.24. The van der Waals surface area contributed by atoms with Gasteiger partial charge in [-0.2, -0.15) is 0 Å². The summed E-state index contributed by atoms with van der Waals surface area (Å²) in [7, 11) is 1.93. The molecule has 5 nitrogen and oxygen atoms in total. The second kappa shape index (κ2) is 3.90. The lowest BCUT2D eigenvalue weighted by Crippen LogP contribution is -2.31. The molecule has 1 aromatic heterocycles. The van der Waals surface area contributed by atoms with E-state index in [-0.39, 0.29) is 0 Å². The molecule has 1 aliphatic rings. The second-order valence-electron chi connectivity index (χ2n) is 4.82. The van der Waals surface area contributed by atoms with E-state index < -0.39 is 0 Å². The van der Waals surface area contributed by atoms with Gasteiger partial charge in [0.15, 0.2) is 0 Å². The first-order chi connectivity index (χ1) is 7.13. The second-order valence-corrected chi connectivity index (χ2v) is 4.82. The fraction of sp³-hybridized carbons (Fsp3) is 0.800. The van der Waals surface area contributed by atoms with Gasteiger partial charge in [-0.05, 0) is 24.9 Å². The van der Waals surface area contributed by atoms with Gasteiger partial charge in [0.1, 0.15) is 0 Å². The number of hydrogen-bond donors (Lipinski definition) is 1. The Morgan fingerprint density at radius 1 is 1.60 bits per heavy atom. The predicted molar refractivity (Wildman–Crippen MR) is 58.1 cm³/mol. The van der Waals surface area contributed by atoms with Crippen molar-refractivity contribution in [1.82, 2.24) is 19.9 Å². The molecule has 0 amide bonds. The highest BCUT2D eigenvalue weighted by molar-refractivity contribution is 4.96. The molecule has 0 saturated carbocycles. The summed E-state index contributed by atoms with van der Waals surface area (Å²) in [6, 6.07) is 0. The Morgan fingerprint density at radius 2 is 2.40 bits per heavy atom. The van der Waals surface area contributed by atoms with Crippen LogP contribution in [0, 0.1) is 5.41 Å². The third-order valence-electron chi connectivity index (χ3n) is 3.32. The number of aromatic nitrogens is 3. The smallest absolute Gasteiger partial charge is 0.0738 e. The zero-order chi connectivity index (χ0) is 10.9. The molecule has 1 fully saturated rings. The number of hydrogen-bond acceptors (Lipinski definition) is 4. The largest absolute Gasteiger partial charge is 0.330 e. The molecule has 15 heavy (non-hydrogen) atoms. The molecule has 2 N–H and O–H groups in total. The lowest BCUT2D eigenvalue weighted by molar-refractivity contribution is 0.269. The van der Waals surface area contributed by atoms with Crippen molar-refractivity contribution in [2.75, 3.05) is 19.6 Å². The minimum atomic E-state index is 0.298. The van der Waals surface area contributed by atoms with Crippen LogP contribution in [0.25, 0.3) is 0 Å². The van der Waals surface area contributed by atoms with E-state index in [0.717, 1.165) is 31.9 Å². The predicted octanol–water partition coefficient (Wildman–Crippen LogP) is -0.0142. The fourth-order valence-corrected chi connectivity index (χ4v) is 2.11. The van der Waals surface area contributed by atoms with Gasteiger partial charge in [0.05, 0.1) is 11.9 Å². The molecule has 1 saturated heterocycles. The molecule has 0 aliphatic carbocycles. The van der Waals surface area contributed by atoms with Crippen molar-refractivity contribution in [3.8, 4) is 0 Å². The summed E-state index contributed by atoms with van der Waals surface area (Å²) < 4.78 is 1.83. The highest BCUT2D eigenvalue weighted by Crippen LogP contribution is 2.29. The average molecular weight is 209 g/mol. The normalized spacial score (nSPS) is 27.4. The summed E-state index contributed by atoms with van der Waals surface area (Å²) >= 11 is 0. The molecule has 1 atom stereocenters. The average Bonchev–Trinajstić information content (AvgIpc) is 2.77. The van der Waals surface area contributed by atoms with E-state index >= 15 is 0 Å². The Hall–Kier alpha value is -0.940. The van der Waals surface area contributed by atoms with Gasteiger partial charge in [-0.15, -0.1) is 5.10 Å². The van der Waals surface area contributed by atoms with E-state index in [0.29, 0.717) is 5.41 Å². The molecule has 1 aromatic rings. The zero-order valence-electron chi connectivity index (χ0n) is 9.48. The molecule has 1 unspecified atom stereocenters. The Morgan fingerprint density at radius 3 is 2.93 bits per heavy atom. The molecule has 0 radical (unpaired) electrons. The number of nitrogens with zero attached hydrogens (tertiary/aromatic N) is 4. The van der Waals surface area contributed by atoms with Crippen LogP contribution in [0.2, 0.25) is 0 Å². The number of rotatable bonds is 3. The van der Waals surface area contributed by atoms with Crippen LogP contribution in [0.3, 0.4) is 0 Å². The SMILES string of the molecule is Cn1nncc1CN1CCC(C)(CN)C1. The minimum absolute atomic E-state index is 0.298. The maximum atomic E-state index is 5.78. The standard InChI is InChI=1S/C10H19N5/c1-10(7-11)3-4-15(8-10)6-9-5-12-13-14(9)2/h5H,3-4,6-8,11H2,1-2H3. The monoisotopic (exact) mass is 209 g/mol. The van der Waals surface area contributed by atoms with E-state index in [1.54, 1.807) is 0 Å². The minimum Gasteiger partial charge on any atom is -0.330 e. The van der Waals surface area contributed by atoms with E-state index in [4.69, 9.17) is 5.73 Å². The van der Waals surface area contributed by atoms with Crippen molar-refractivity contribution >= 4 is 0 Å². The first-order valence-corrected chi connectivity index (χ1v) is 5.39. The number of nitrogens with two attached hydrogens (primary N) is 1. The van der Waals surface area contributed by atoms with Crippen LogP contribution in [-0.4, -0.2) is 39.5 Å². The summed E-state index contributed by atoms with van der Waals surface area (Å²) in [4.78, 5) is 2.42. The Kier molecular flexibility index (Phi) is 2.75. The molecule has 2 heterocycles. The van der Waals surface area contributed by atoms with Crippen LogP contribution in [0.5, 0.6) is 0 Å². The maximum absolute atomic E-state index is 5.78. The molecule has 0 bridgehead atoms. The van der Waals surface area contributed by atoms with Crippen molar-refractivity contribution in [3.63, 3.8) is 0 Å². The Bertz CT molecular complexity index is 334. The summed E-state index contributed by atoms with van der Waals surface area (Å²) in [6.07, 6.45) is 3.02. The first-order valence-electron chi connectivity index (χ1n) is 5.39. The number of likely N-dealkylation sites (tertiary alicyclic amines) is 1. The van der Waals surface area contributed by atoms with Crippen molar-refractivity contribution in [2.45, 2.75) is 19.9 Å². The lowest BCUT2D eigenvalue weighted by Gasteiger charge is -2.22. The van der Waals surface area contributed by atoms with Gasteiger partial charge in [-0.25, -0.2) is 0 Å². The molecule has 0 aromatic carbocycles. The van der Waals surface area contributed by atoms with Crippen molar-refractivity contribution in [2.24, 2.45) is 18.2 Å². The van der Waals surface area contributed by atoms with Gasteiger partial charge in [0.2, 0.25) is 0 Å².